The second-order valence-corrected chi connectivity index (χ2v) is 5.50. The van der Waals surface area contributed by atoms with Crippen LogP contribution in [-0.4, -0.2) is 8.42 Å². The van der Waals surface area contributed by atoms with Crippen molar-refractivity contribution in [3.05, 3.63) is 40.4 Å². The molecule has 0 aliphatic rings. The van der Waals surface area contributed by atoms with Crippen molar-refractivity contribution >= 4 is 22.7 Å². The van der Waals surface area contributed by atoms with Gasteiger partial charge in [-0.15, -0.1) is 12.6 Å². The van der Waals surface area contributed by atoms with Crippen LogP contribution in [0.4, 0.5) is 0 Å². The minimum atomic E-state index is -3.83. The Balaban J connectivity index is 3.12. The fourth-order valence-electron chi connectivity index (χ4n) is 1.09. The van der Waals surface area contributed by atoms with Gasteiger partial charge in [-0.1, -0.05) is 17.7 Å². The number of rotatable bonds is 3. The molecule has 1 aromatic carbocycles. The molecule has 0 amide bonds. The Morgan fingerprint density at radius 2 is 1.72 bits per heavy atom. The first-order valence-electron chi connectivity index (χ1n) is 4.73. The van der Waals surface area contributed by atoms with E-state index in [1.165, 1.54) is 12.1 Å². The van der Waals surface area contributed by atoms with Crippen LogP contribution in [0, 0.1) is 29.6 Å². The summed E-state index contributed by atoms with van der Waals surface area (Å²) < 4.78 is 25.8. The van der Waals surface area contributed by atoms with Gasteiger partial charge in [0.25, 0.3) is 10.0 Å². The van der Waals surface area contributed by atoms with Gasteiger partial charge >= 0.3 is 0 Å². The Labute approximate surface area is 111 Å². The van der Waals surface area contributed by atoms with Crippen LogP contribution in [-0.2, 0) is 10.0 Å². The molecule has 0 radical (unpaired) electrons. The van der Waals surface area contributed by atoms with Crippen LogP contribution < -0.4 is 4.72 Å². The highest BCUT2D eigenvalue weighted by atomic mass is 32.2. The molecule has 7 heteroatoms. The molecule has 0 saturated heterocycles. The third-order valence-electron chi connectivity index (χ3n) is 2.02. The molecule has 92 valence electrons. The Morgan fingerprint density at radius 1 is 1.22 bits per heavy atom. The molecule has 0 aromatic heterocycles. The van der Waals surface area contributed by atoms with Crippen LogP contribution in [0.5, 0.6) is 0 Å². The van der Waals surface area contributed by atoms with Crippen molar-refractivity contribution in [2.75, 3.05) is 0 Å². The zero-order valence-electron chi connectivity index (χ0n) is 9.38. The van der Waals surface area contributed by atoms with E-state index in [2.05, 4.69) is 17.4 Å². The number of nitriles is 2. The smallest absolute Gasteiger partial charge is 0.262 e. The van der Waals surface area contributed by atoms with Crippen LogP contribution in [0.2, 0.25) is 0 Å². The summed E-state index contributed by atoms with van der Waals surface area (Å²) in [4.78, 5) is 0.0369. The molecule has 0 fully saturated rings. The standard InChI is InChI=1S/C11H9N3O2S2/c1-8-2-4-10(5-3-8)18(15,16)14-11(17)9(6-12)7-13/h2-5,14,17H,1H3. The summed E-state index contributed by atoms with van der Waals surface area (Å²) in [5.74, 6) is 0. The summed E-state index contributed by atoms with van der Waals surface area (Å²) in [5.41, 5.74) is 0.527. The van der Waals surface area contributed by atoms with Gasteiger partial charge in [0, 0.05) is 0 Å². The summed E-state index contributed by atoms with van der Waals surface area (Å²) >= 11 is 3.79. The van der Waals surface area contributed by atoms with Crippen molar-refractivity contribution in [1.82, 2.24) is 4.72 Å². The monoisotopic (exact) mass is 279 g/mol. The molecule has 1 aromatic rings. The summed E-state index contributed by atoms with van der Waals surface area (Å²) in [6, 6.07) is 9.24. The number of sulfonamides is 1. The average Bonchev–Trinajstić information content (AvgIpc) is 2.30. The molecule has 5 nitrogen and oxygen atoms in total. The highest BCUT2D eigenvalue weighted by Gasteiger charge is 2.15. The fraction of sp³-hybridized carbons (Fsp3) is 0.0909. The van der Waals surface area contributed by atoms with E-state index in [-0.39, 0.29) is 9.92 Å². The Kier molecular flexibility index (Phi) is 4.38. The van der Waals surface area contributed by atoms with E-state index >= 15 is 0 Å². The molecule has 0 heterocycles. The van der Waals surface area contributed by atoms with Crippen LogP contribution >= 0.6 is 12.6 Å². The van der Waals surface area contributed by atoms with Gasteiger partial charge in [0.05, 0.1) is 4.90 Å². The highest BCUT2D eigenvalue weighted by molar-refractivity contribution is 7.91. The predicted molar refractivity (Wildman–Crippen MR) is 68.7 cm³/mol. The highest BCUT2D eigenvalue weighted by Crippen LogP contribution is 2.13. The molecule has 0 bridgehead atoms. The topological polar surface area (TPSA) is 93.8 Å². The van der Waals surface area contributed by atoms with Gasteiger partial charge in [0.15, 0.2) is 5.57 Å². The maximum absolute atomic E-state index is 11.9. The SMILES string of the molecule is Cc1ccc(S(=O)(=O)NC(S)=C(C#N)C#N)cc1. The third kappa shape index (κ3) is 3.27. The lowest BCUT2D eigenvalue weighted by Crippen LogP contribution is -2.21. The van der Waals surface area contributed by atoms with Gasteiger partial charge in [-0.3, -0.25) is 4.72 Å². The number of thiol groups is 1. The fourth-order valence-corrected chi connectivity index (χ4v) is 2.51. The molecule has 0 spiro atoms. The van der Waals surface area contributed by atoms with E-state index in [9.17, 15) is 8.42 Å². The predicted octanol–water partition coefficient (Wildman–Crippen LogP) is 1.46. The number of aryl methyl sites for hydroxylation is 1. The van der Waals surface area contributed by atoms with Gasteiger partial charge in [-0.05, 0) is 19.1 Å². The summed E-state index contributed by atoms with van der Waals surface area (Å²) in [6.45, 7) is 1.83. The maximum Gasteiger partial charge on any atom is 0.262 e. The second kappa shape index (κ2) is 5.58. The third-order valence-corrected chi connectivity index (χ3v) is 3.88. The van der Waals surface area contributed by atoms with Gasteiger partial charge in [0.1, 0.15) is 17.2 Å². The van der Waals surface area contributed by atoms with E-state index in [0.29, 0.717) is 0 Å². The number of nitrogens with one attached hydrogen (secondary N) is 1. The zero-order chi connectivity index (χ0) is 13.8. The minimum absolute atomic E-state index is 0.0369. The molecule has 18 heavy (non-hydrogen) atoms. The van der Waals surface area contributed by atoms with Gasteiger partial charge in [-0.2, -0.15) is 10.5 Å². The van der Waals surface area contributed by atoms with Crippen molar-refractivity contribution in [2.24, 2.45) is 0 Å². The minimum Gasteiger partial charge on any atom is -0.272 e. The van der Waals surface area contributed by atoms with Crippen molar-refractivity contribution in [1.29, 1.82) is 10.5 Å². The van der Waals surface area contributed by atoms with E-state index in [1.807, 2.05) is 6.92 Å². The van der Waals surface area contributed by atoms with E-state index in [0.717, 1.165) is 5.56 Å². The molecule has 1 N–H and O–H groups in total. The van der Waals surface area contributed by atoms with Crippen molar-refractivity contribution < 1.29 is 8.42 Å². The first-order valence-corrected chi connectivity index (χ1v) is 6.66. The Hall–Kier alpha value is -1.96. The van der Waals surface area contributed by atoms with Gasteiger partial charge in [-0.25, -0.2) is 8.42 Å². The summed E-state index contributed by atoms with van der Waals surface area (Å²) in [5, 5.41) is 16.9. The lowest BCUT2D eigenvalue weighted by Gasteiger charge is -2.07. The summed E-state index contributed by atoms with van der Waals surface area (Å²) in [6.07, 6.45) is 0. The number of allylic oxidation sites excluding steroid dienone is 1. The molecule has 0 unspecified atom stereocenters. The van der Waals surface area contributed by atoms with Crippen LogP contribution in [0.25, 0.3) is 0 Å². The largest absolute Gasteiger partial charge is 0.272 e. The van der Waals surface area contributed by atoms with Crippen LogP contribution in [0.1, 0.15) is 5.56 Å². The number of hydrogen-bond acceptors (Lipinski definition) is 5. The Bertz CT molecular complexity index is 646. The molecule has 1 rings (SSSR count). The average molecular weight is 279 g/mol. The molecule has 0 aliphatic carbocycles. The van der Waals surface area contributed by atoms with Gasteiger partial charge in [0.2, 0.25) is 0 Å². The van der Waals surface area contributed by atoms with Crippen molar-refractivity contribution in [2.45, 2.75) is 11.8 Å². The molecular weight excluding hydrogens is 270 g/mol. The number of hydrogen-bond donors (Lipinski definition) is 2. The summed E-state index contributed by atoms with van der Waals surface area (Å²) in [7, 11) is -3.83. The normalized spacial score (nSPS) is 10.0. The Morgan fingerprint density at radius 3 is 2.17 bits per heavy atom. The number of nitrogens with zero attached hydrogens (tertiary/aromatic N) is 2. The van der Waals surface area contributed by atoms with E-state index in [1.54, 1.807) is 24.3 Å². The van der Waals surface area contributed by atoms with E-state index < -0.39 is 15.6 Å². The maximum atomic E-state index is 11.9. The van der Waals surface area contributed by atoms with Crippen LogP contribution in [0.15, 0.2) is 39.8 Å². The molecule has 0 atom stereocenters. The molecule has 0 saturated carbocycles. The van der Waals surface area contributed by atoms with Crippen LogP contribution in [0.3, 0.4) is 0 Å². The van der Waals surface area contributed by atoms with Crippen molar-refractivity contribution in [3.8, 4) is 12.1 Å². The molecule has 0 aliphatic heterocycles. The van der Waals surface area contributed by atoms with Crippen molar-refractivity contribution in [3.63, 3.8) is 0 Å². The van der Waals surface area contributed by atoms with E-state index in [4.69, 9.17) is 10.5 Å². The first kappa shape index (κ1) is 14.1. The lowest BCUT2D eigenvalue weighted by molar-refractivity contribution is 0.590. The molecular formula is C11H9N3O2S2. The number of benzene rings is 1. The quantitative estimate of drug-likeness (QED) is 0.647. The zero-order valence-corrected chi connectivity index (χ0v) is 11.1. The lowest BCUT2D eigenvalue weighted by atomic mass is 10.2. The van der Waals surface area contributed by atoms with Gasteiger partial charge < -0.3 is 0 Å². The first-order chi connectivity index (χ1) is 8.40. The second-order valence-electron chi connectivity index (χ2n) is 3.37.